The summed E-state index contributed by atoms with van der Waals surface area (Å²) in [6, 6.07) is 29.8. The van der Waals surface area contributed by atoms with Gasteiger partial charge >= 0.3 is 0 Å². The van der Waals surface area contributed by atoms with Crippen LogP contribution in [0.1, 0.15) is 0 Å². The van der Waals surface area contributed by atoms with E-state index in [1.807, 2.05) is 122 Å². The van der Waals surface area contributed by atoms with Crippen molar-refractivity contribution in [2.24, 2.45) is 0 Å². The van der Waals surface area contributed by atoms with Crippen molar-refractivity contribution in [2.45, 2.75) is 0 Å². The molecule has 0 atom stereocenters. The zero-order valence-corrected chi connectivity index (χ0v) is 22.4. The fourth-order valence-electron chi connectivity index (χ4n) is 4.63. The number of pyridine rings is 7. The van der Waals surface area contributed by atoms with Crippen LogP contribution in [0.15, 0.2) is 141 Å². The number of hydrogen-bond donors (Lipinski definition) is 0. The predicted octanol–water partition coefficient (Wildman–Crippen LogP) is 7.45. The van der Waals surface area contributed by atoms with Gasteiger partial charge in [-0.25, -0.2) is 0 Å². The minimum Gasteiger partial charge on any atom is -0.264 e. The van der Waals surface area contributed by atoms with Crippen LogP contribution in [0.4, 0.5) is 0 Å². The third-order valence-corrected chi connectivity index (χ3v) is 6.92. The van der Waals surface area contributed by atoms with Gasteiger partial charge < -0.3 is 0 Å². The Morgan fingerprint density at radius 2 is 0.643 bits per heavy atom. The Morgan fingerprint density at radius 3 is 0.929 bits per heavy atom. The lowest BCUT2D eigenvalue weighted by molar-refractivity contribution is 1.24. The fraction of sp³-hybridized carbons (Fsp3) is 0. The van der Waals surface area contributed by atoms with Crippen LogP contribution in [0.5, 0.6) is 0 Å². The van der Waals surface area contributed by atoms with Crippen LogP contribution < -0.4 is 0 Å². The molecular weight excluding hydrogens is 518 g/mol. The van der Waals surface area contributed by atoms with Crippen LogP contribution in [0.3, 0.4) is 0 Å². The van der Waals surface area contributed by atoms with Gasteiger partial charge in [0.15, 0.2) is 0 Å². The maximum Gasteiger partial charge on any atom is 0.0717 e. The Bertz CT molecular complexity index is 1760. The van der Waals surface area contributed by atoms with Crippen molar-refractivity contribution >= 4 is 0 Å². The molecule has 0 fully saturated rings. The van der Waals surface area contributed by atoms with Crippen molar-refractivity contribution < 1.29 is 0 Å². The van der Waals surface area contributed by atoms with Crippen LogP contribution >= 0.6 is 0 Å². The molecule has 7 aromatic heterocycles. The van der Waals surface area contributed by atoms with E-state index in [4.69, 9.17) is 0 Å². The van der Waals surface area contributed by atoms with E-state index in [0.29, 0.717) is 0 Å². The standard InChI is InChI=1S/C35H23N7/c1-2-17-37-30(5-1)25-6-12-32(39-19-25)27-8-14-34(41-21-27)29-10-15-35(42-23-29)28-9-13-33(40-22-28)26-7-11-31(38-20-26)24-4-3-16-36-18-24/h1-23H. The van der Waals surface area contributed by atoms with Crippen molar-refractivity contribution in [1.82, 2.24) is 34.9 Å². The molecule has 7 heteroatoms. The van der Waals surface area contributed by atoms with Crippen LogP contribution in [-0.4, -0.2) is 34.9 Å². The highest BCUT2D eigenvalue weighted by molar-refractivity contribution is 5.70. The molecule has 0 saturated heterocycles. The summed E-state index contributed by atoms with van der Waals surface area (Å²) in [6.45, 7) is 0. The van der Waals surface area contributed by atoms with Crippen LogP contribution in [0.25, 0.3) is 67.5 Å². The molecule has 0 aliphatic heterocycles. The third kappa shape index (κ3) is 5.26. The van der Waals surface area contributed by atoms with Gasteiger partial charge in [-0.3, -0.25) is 34.9 Å². The summed E-state index contributed by atoms with van der Waals surface area (Å²) in [4.78, 5) is 31.7. The van der Waals surface area contributed by atoms with E-state index >= 15 is 0 Å². The van der Waals surface area contributed by atoms with E-state index in [1.165, 1.54) is 0 Å². The summed E-state index contributed by atoms with van der Waals surface area (Å²) in [6.07, 6.45) is 14.5. The first-order valence-corrected chi connectivity index (χ1v) is 13.4. The second kappa shape index (κ2) is 11.3. The molecule has 0 spiro atoms. The Hall–Kier alpha value is -5.95. The average Bonchev–Trinajstić information content (AvgIpc) is 3.09. The second-order valence-corrected chi connectivity index (χ2v) is 9.62. The van der Waals surface area contributed by atoms with Crippen molar-refractivity contribution in [3.05, 3.63) is 141 Å². The largest absolute Gasteiger partial charge is 0.264 e. The van der Waals surface area contributed by atoms with Gasteiger partial charge in [0, 0.05) is 83.0 Å². The maximum absolute atomic E-state index is 4.68. The molecule has 7 rings (SSSR count). The van der Waals surface area contributed by atoms with Gasteiger partial charge in [-0.1, -0.05) is 6.07 Å². The predicted molar refractivity (Wildman–Crippen MR) is 164 cm³/mol. The van der Waals surface area contributed by atoms with E-state index in [9.17, 15) is 0 Å². The number of hydrogen-bond acceptors (Lipinski definition) is 7. The normalized spacial score (nSPS) is 10.9. The lowest BCUT2D eigenvalue weighted by Gasteiger charge is -2.07. The molecule has 42 heavy (non-hydrogen) atoms. The van der Waals surface area contributed by atoms with E-state index < -0.39 is 0 Å². The van der Waals surface area contributed by atoms with E-state index in [2.05, 4.69) is 34.9 Å². The highest BCUT2D eigenvalue weighted by Crippen LogP contribution is 2.26. The Balaban J connectivity index is 1.03. The lowest BCUT2D eigenvalue weighted by atomic mass is 10.1. The topological polar surface area (TPSA) is 90.2 Å². The van der Waals surface area contributed by atoms with Gasteiger partial charge in [0.05, 0.1) is 34.2 Å². The van der Waals surface area contributed by atoms with Gasteiger partial charge in [0.25, 0.3) is 0 Å². The molecule has 0 saturated carbocycles. The number of nitrogens with zero attached hydrogens (tertiary/aromatic N) is 7. The molecular formula is C35H23N7. The third-order valence-electron chi connectivity index (χ3n) is 6.92. The fourth-order valence-corrected chi connectivity index (χ4v) is 4.63. The Labute approximate surface area is 242 Å². The first-order valence-electron chi connectivity index (χ1n) is 13.4. The van der Waals surface area contributed by atoms with E-state index in [-0.39, 0.29) is 0 Å². The average molecular weight is 542 g/mol. The zero-order chi connectivity index (χ0) is 28.1. The quantitative estimate of drug-likeness (QED) is 0.216. The minimum absolute atomic E-state index is 0.844. The monoisotopic (exact) mass is 541 g/mol. The van der Waals surface area contributed by atoms with E-state index in [1.54, 1.807) is 18.6 Å². The summed E-state index contributed by atoms with van der Waals surface area (Å²) in [5.41, 5.74) is 10.9. The molecule has 0 amide bonds. The van der Waals surface area contributed by atoms with Crippen molar-refractivity contribution in [1.29, 1.82) is 0 Å². The first kappa shape index (κ1) is 25.0. The molecule has 0 bridgehead atoms. The molecule has 0 aromatic carbocycles. The molecule has 7 aromatic rings. The van der Waals surface area contributed by atoms with Gasteiger partial charge in [-0.05, 0) is 84.9 Å². The van der Waals surface area contributed by atoms with Gasteiger partial charge in [-0.15, -0.1) is 0 Å². The second-order valence-electron chi connectivity index (χ2n) is 9.62. The van der Waals surface area contributed by atoms with Crippen LogP contribution in [-0.2, 0) is 0 Å². The van der Waals surface area contributed by atoms with Crippen LogP contribution in [0.2, 0.25) is 0 Å². The first-order chi connectivity index (χ1) is 20.8. The van der Waals surface area contributed by atoms with Crippen molar-refractivity contribution in [3.8, 4) is 67.5 Å². The molecule has 0 radical (unpaired) electrons. The molecule has 7 nitrogen and oxygen atoms in total. The van der Waals surface area contributed by atoms with Crippen LogP contribution in [0, 0.1) is 0 Å². The van der Waals surface area contributed by atoms with Gasteiger partial charge in [0.1, 0.15) is 0 Å². The molecule has 198 valence electrons. The van der Waals surface area contributed by atoms with Gasteiger partial charge in [-0.2, -0.15) is 0 Å². The summed E-state index contributed by atoms with van der Waals surface area (Å²) in [5.74, 6) is 0. The Morgan fingerprint density at radius 1 is 0.262 bits per heavy atom. The molecule has 0 aliphatic carbocycles. The molecule has 0 unspecified atom stereocenters. The molecule has 0 N–H and O–H groups in total. The maximum atomic E-state index is 4.68. The summed E-state index contributed by atoms with van der Waals surface area (Å²) in [7, 11) is 0. The molecule has 7 heterocycles. The SMILES string of the molecule is c1ccc(-c2ccc(-c3ccc(-c4ccc(-c5ccc(-c6ccc(-c7cccnc7)nc6)nc5)nc4)nc3)nc2)nc1. The van der Waals surface area contributed by atoms with E-state index in [0.717, 1.165) is 67.5 Å². The highest BCUT2D eigenvalue weighted by Gasteiger charge is 2.08. The smallest absolute Gasteiger partial charge is 0.0717 e. The lowest BCUT2D eigenvalue weighted by Crippen LogP contribution is -1.91. The highest BCUT2D eigenvalue weighted by atomic mass is 14.8. The Kier molecular flexibility index (Phi) is 6.72. The summed E-state index contributed by atoms with van der Waals surface area (Å²) in [5, 5.41) is 0. The van der Waals surface area contributed by atoms with Gasteiger partial charge in [0.2, 0.25) is 0 Å². The van der Waals surface area contributed by atoms with Crippen molar-refractivity contribution in [3.63, 3.8) is 0 Å². The minimum atomic E-state index is 0.844. The molecule has 0 aliphatic rings. The van der Waals surface area contributed by atoms with Crippen molar-refractivity contribution in [2.75, 3.05) is 0 Å². The summed E-state index contributed by atoms with van der Waals surface area (Å²) >= 11 is 0. The summed E-state index contributed by atoms with van der Waals surface area (Å²) < 4.78 is 0. The zero-order valence-electron chi connectivity index (χ0n) is 22.4. The number of rotatable bonds is 6. The number of aromatic nitrogens is 7.